The first kappa shape index (κ1) is 29.8. The molecule has 1 heterocycles. The van der Waals surface area contributed by atoms with Crippen molar-refractivity contribution in [3.8, 4) is 0 Å². The normalized spacial score (nSPS) is 13.9. The molecule has 0 aliphatic carbocycles. The number of benzene rings is 2. The molecular weight excluding hydrogens is 522 g/mol. The number of hydrogen-bond acceptors (Lipinski definition) is 7. The summed E-state index contributed by atoms with van der Waals surface area (Å²) in [6.07, 6.45) is 0.881. The zero-order valence-electron chi connectivity index (χ0n) is 21.4. The smallest absolute Gasteiger partial charge is 0.326 e. The Morgan fingerprint density at radius 2 is 1.38 bits per heavy atom. The molecule has 0 saturated heterocycles. The molecule has 1 aromatic heterocycles. The topological polar surface area (TPSA) is 224 Å². The third-order valence-electron chi connectivity index (χ3n) is 6.18. The number of para-hydroxylation sites is 1. The van der Waals surface area contributed by atoms with Gasteiger partial charge in [0.1, 0.15) is 18.1 Å². The van der Waals surface area contributed by atoms with Gasteiger partial charge in [0.25, 0.3) is 0 Å². The van der Waals surface area contributed by atoms with E-state index in [0.29, 0.717) is 11.1 Å². The van der Waals surface area contributed by atoms with Crippen molar-refractivity contribution in [3.05, 3.63) is 71.9 Å². The van der Waals surface area contributed by atoms with Crippen molar-refractivity contribution in [2.45, 2.75) is 43.4 Å². The van der Waals surface area contributed by atoms with Crippen molar-refractivity contribution < 1.29 is 39.3 Å². The van der Waals surface area contributed by atoms with Crippen molar-refractivity contribution in [3.63, 3.8) is 0 Å². The minimum atomic E-state index is -1.54. The number of nitrogens with two attached hydrogens (primary N) is 1. The first-order chi connectivity index (χ1) is 19.1. The van der Waals surface area contributed by atoms with Crippen LogP contribution in [0.2, 0.25) is 0 Å². The molecule has 3 aromatic rings. The molecule has 0 fully saturated rings. The highest BCUT2D eigenvalue weighted by molar-refractivity contribution is 5.95. The summed E-state index contributed by atoms with van der Waals surface area (Å²) in [6, 6.07) is 10.2. The molecule has 3 amide bonds. The molecule has 212 valence electrons. The number of carboxylic acids is 2. The quantitative estimate of drug-likeness (QED) is 0.126. The second-order valence-corrected chi connectivity index (χ2v) is 9.16. The number of aromatic nitrogens is 1. The van der Waals surface area contributed by atoms with E-state index in [4.69, 9.17) is 10.8 Å². The van der Waals surface area contributed by atoms with Crippen molar-refractivity contribution in [2.75, 3.05) is 6.61 Å². The van der Waals surface area contributed by atoms with Gasteiger partial charge in [0.2, 0.25) is 17.7 Å². The second-order valence-electron chi connectivity index (χ2n) is 9.16. The van der Waals surface area contributed by atoms with Crippen LogP contribution in [-0.2, 0) is 36.8 Å². The van der Waals surface area contributed by atoms with Crippen LogP contribution >= 0.6 is 0 Å². The lowest BCUT2D eigenvalue weighted by Crippen LogP contribution is -2.58. The van der Waals surface area contributed by atoms with Crippen LogP contribution in [-0.4, -0.2) is 80.7 Å². The molecule has 0 aliphatic heterocycles. The van der Waals surface area contributed by atoms with Gasteiger partial charge < -0.3 is 42.0 Å². The fourth-order valence-electron chi connectivity index (χ4n) is 4.08. The minimum Gasteiger partial charge on any atom is -0.481 e. The van der Waals surface area contributed by atoms with Crippen LogP contribution in [0.25, 0.3) is 10.9 Å². The molecule has 0 aliphatic rings. The highest BCUT2D eigenvalue weighted by Gasteiger charge is 2.31. The Kier molecular flexibility index (Phi) is 10.3. The Bertz CT molecular complexity index is 1360. The molecule has 40 heavy (non-hydrogen) atoms. The molecule has 2 aromatic carbocycles. The van der Waals surface area contributed by atoms with Gasteiger partial charge in [-0.2, -0.15) is 0 Å². The van der Waals surface area contributed by atoms with Gasteiger partial charge in [-0.15, -0.1) is 0 Å². The summed E-state index contributed by atoms with van der Waals surface area (Å²) in [4.78, 5) is 64.4. The molecule has 3 rings (SSSR count). The van der Waals surface area contributed by atoms with Crippen LogP contribution in [0.5, 0.6) is 0 Å². The van der Waals surface area contributed by atoms with Gasteiger partial charge in [0.15, 0.2) is 0 Å². The van der Waals surface area contributed by atoms with Crippen LogP contribution in [0.15, 0.2) is 60.8 Å². The average Bonchev–Trinajstić information content (AvgIpc) is 3.33. The maximum Gasteiger partial charge on any atom is 0.326 e. The number of carbonyl (C=O) groups is 5. The van der Waals surface area contributed by atoms with Crippen LogP contribution in [0.3, 0.4) is 0 Å². The van der Waals surface area contributed by atoms with Gasteiger partial charge in [0, 0.05) is 29.9 Å². The Morgan fingerprint density at radius 3 is 2.02 bits per heavy atom. The van der Waals surface area contributed by atoms with Crippen molar-refractivity contribution in [1.29, 1.82) is 0 Å². The van der Waals surface area contributed by atoms with E-state index in [1.165, 1.54) is 0 Å². The monoisotopic (exact) mass is 553 g/mol. The number of H-pyrrole nitrogens is 1. The van der Waals surface area contributed by atoms with E-state index in [0.717, 1.165) is 10.9 Å². The van der Waals surface area contributed by atoms with Crippen LogP contribution < -0.4 is 21.7 Å². The van der Waals surface area contributed by atoms with E-state index < -0.39 is 66.9 Å². The Labute approximate surface area is 228 Å². The highest BCUT2D eigenvalue weighted by Crippen LogP contribution is 2.19. The number of aromatic amines is 1. The van der Waals surface area contributed by atoms with Gasteiger partial charge in [0.05, 0.1) is 19.1 Å². The molecule has 4 atom stereocenters. The number of aliphatic hydroxyl groups is 1. The van der Waals surface area contributed by atoms with E-state index in [-0.39, 0.29) is 12.8 Å². The zero-order chi connectivity index (χ0) is 29.2. The summed E-state index contributed by atoms with van der Waals surface area (Å²) in [5.74, 6) is -5.33. The molecule has 13 nitrogen and oxygen atoms in total. The maximum atomic E-state index is 13.1. The SMILES string of the molecule is NC(CC(=O)O)C(=O)NC(Cc1ccccc1)C(=O)NC(CO)C(=O)NC(Cc1c[nH]c2ccccc12)C(=O)O. The van der Waals surface area contributed by atoms with E-state index >= 15 is 0 Å². The van der Waals surface area contributed by atoms with E-state index in [1.807, 2.05) is 18.2 Å². The molecule has 4 unspecified atom stereocenters. The molecule has 0 spiro atoms. The number of nitrogens with one attached hydrogen (secondary N) is 4. The number of hydrogen-bond donors (Lipinski definition) is 8. The molecule has 13 heteroatoms. The number of aliphatic hydroxyl groups excluding tert-OH is 1. The first-order valence-electron chi connectivity index (χ1n) is 12.4. The lowest BCUT2D eigenvalue weighted by atomic mass is 10.0. The number of carbonyl (C=O) groups excluding carboxylic acids is 3. The summed E-state index contributed by atoms with van der Waals surface area (Å²) in [6.45, 7) is -0.860. The molecule has 0 radical (unpaired) electrons. The van der Waals surface area contributed by atoms with Crippen molar-refractivity contribution >= 4 is 40.6 Å². The predicted octanol–water partition coefficient (Wildman–Crippen LogP) is -0.714. The van der Waals surface area contributed by atoms with E-state index in [2.05, 4.69) is 20.9 Å². The first-order valence-corrected chi connectivity index (χ1v) is 12.4. The predicted molar refractivity (Wildman–Crippen MR) is 143 cm³/mol. The number of fused-ring (bicyclic) bond motifs is 1. The number of amides is 3. The Balaban J connectivity index is 1.72. The summed E-state index contributed by atoms with van der Waals surface area (Å²) in [5, 5.41) is 36.3. The zero-order valence-corrected chi connectivity index (χ0v) is 21.4. The lowest BCUT2D eigenvalue weighted by Gasteiger charge is -2.24. The average molecular weight is 554 g/mol. The lowest BCUT2D eigenvalue weighted by molar-refractivity contribution is -0.142. The van der Waals surface area contributed by atoms with Crippen molar-refractivity contribution in [1.82, 2.24) is 20.9 Å². The second kappa shape index (κ2) is 13.9. The van der Waals surface area contributed by atoms with Crippen LogP contribution in [0, 0.1) is 0 Å². The highest BCUT2D eigenvalue weighted by atomic mass is 16.4. The Hall–Kier alpha value is -4.75. The summed E-state index contributed by atoms with van der Waals surface area (Å²) < 4.78 is 0. The van der Waals surface area contributed by atoms with Gasteiger partial charge in [-0.3, -0.25) is 19.2 Å². The van der Waals surface area contributed by atoms with E-state index in [9.17, 15) is 34.2 Å². The third kappa shape index (κ3) is 8.12. The van der Waals surface area contributed by atoms with Crippen LogP contribution in [0.1, 0.15) is 17.5 Å². The maximum absolute atomic E-state index is 13.1. The standard InChI is InChI=1S/C27H31N5O8/c28-18(12-23(34)35)24(36)30-20(10-15-6-2-1-3-7-15)25(37)32-22(14-33)26(38)31-21(27(39)40)11-16-13-29-19-9-5-4-8-17(16)19/h1-9,13,18,20-22,29,33H,10-12,14,28H2,(H,30,36)(H,31,38)(H,32,37)(H,34,35)(H,39,40). The van der Waals surface area contributed by atoms with Gasteiger partial charge in [-0.05, 0) is 17.2 Å². The number of aliphatic carboxylic acids is 2. The number of carboxylic acid groups (broad SMARTS) is 2. The minimum absolute atomic E-state index is 0.0315. The molecule has 0 saturated carbocycles. The van der Waals surface area contributed by atoms with E-state index in [1.54, 1.807) is 42.6 Å². The molecular formula is C27H31N5O8. The van der Waals surface area contributed by atoms with Gasteiger partial charge in [-0.1, -0.05) is 48.5 Å². The Morgan fingerprint density at radius 1 is 0.775 bits per heavy atom. The molecule has 0 bridgehead atoms. The van der Waals surface area contributed by atoms with Crippen LogP contribution in [0.4, 0.5) is 0 Å². The third-order valence-corrected chi connectivity index (χ3v) is 6.18. The summed E-state index contributed by atoms with van der Waals surface area (Å²) in [5.41, 5.74) is 7.71. The van der Waals surface area contributed by atoms with Gasteiger partial charge >= 0.3 is 11.9 Å². The van der Waals surface area contributed by atoms with Gasteiger partial charge in [-0.25, -0.2) is 4.79 Å². The molecule has 9 N–H and O–H groups in total. The summed E-state index contributed by atoms with van der Waals surface area (Å²) in [7, 11) is 0. The fourth-order valence-corrected chi connectivity index (χ4v) is 4.08. The summed E-state index contributed by atoms with van der Waals surface area (Å²) >= 11 is 0. The van der Waals surface area contributed by atoms with Crippen molar-refractivity contribution in [2.24, 2.45) is 5.73 Å². The fraction of sp³-hybridized carbons (Fsp3) is 0.296. The number of rotatable bonds is 14. The largest absolute Gasteiger partial charge is 0.481 e.